The van der Waals surface area contributed by atoms with Crippen molar-refractivity contribution in [1.82, 2.24) is 0 Å². The zero-order valence-corrected chi connectivity index (χ0v) is 14.7. The molecule has 0 amide bonds. The van der Waals surface area contributed by atoms with Crippen LogP contribution in [-0.4, -0.2) is 52.5 Å². The van der Waals surface area contributed by atoms with E-state index in [9.17, 15) is 8.42 Å². The standard InChI is InChI=1S/C16H22O7S/c1-10-4-6-13(7-5-10)24(17,18)20-9-15-16-14(21-12(3)22-15)8-19-11(2)23-16/h4-7,11-12,14-16H,8-9H2,1-3H3/t11?,12?,14-,15+,16+/m0/s1. The summed E-state index contributed by atoms with van der Waals surface area (Å²) < 4.78 is 52.2. The van der Waals surface area contributed by atoms with Crippen LogP contribution in [-0.2, 0) is 33.2 Å². The lowest BCUT2D eigenvalue weighted by atomic mass is 10.1. The highest BCUT2D eigenvalue weighted by molar-refractivity contribution is 7.86. The first-order valence-corrected chi connectivity index (χ1v) is 9.30. The molecule has 0 aliphatic carbocycles. The van der Waals surface area contributed by atoms with Crippen LogP contribution in [0.4, 0.5) is 0 Å². The molecule has 134 valence electrons. The average molecular weight is 358 g/mol. The van der Waals surface area contributed by atoms with Crippen molar-refractivity contribution in [3.63, 3.8) is 0 Å². The van der Waals surface area contributed by atoms with Gasteiger partial charge in [0.1, 0.15) is 18.3 Å². The summed E-state index contributed by atoms with van der Waals surface area (Å²) in [5.74, 6) is 0. The Hall–Kier alpha value is -1.03. The Morgan fingerprint density at radius 2 is 1.79 bits per heavy atom. The fourth-order valence-corrected chi connectivity index (χ4v) is 3.70. The van der Waals surface area contributed by atoms with Gasteiger partial charge >= 0.3 is 0 Å². The lowest BCUT2D eigenvalue weighted by Crippen LogP contribution is -2.58. The quantitative estimate of drug-likeness (QED) is 0.756. The lowest BCUT2D eigenvalue weighted by Gasteiger charge is -2.44. The summed E-state index contributed by atoms with van der Waals surface area (Å²) in [5, 5.41) is 0. The number of ether oxygens (including phenoxy) is 4. The number of hydrogen-bond donors (Lipinski definition) is 0. The Bertz CT molecular complexity index is 658. The predicted molar refractivity (Wildman–Crippen MR) is 83.8 cm³/mol. The molecule has 8 heteroatoms. The van der Waals surface area contributed by atoms with E-state index in [2.05, 4.69) is 0 Å². The van der Waals surface area contributed by atoms with Crippen molar-refractivity contribution in [2.75, 3.05) is 13.2 Å². The summed E-state index contributed by atoms with van der Waals surface area (Å²) in [6, 6.07) is 6.49. The van der Waals surface area contributed by atoms with Gasteiger partial charge in [-0.25, -0.2) is 0 Å². The topological polar surface area (TPSA) is 80.3 Å². The molecule has 2 aliphatic rings. The summed E-state index contributed by atoms with van der Waals surface area (Å²) in [6.45, 7) is 5.64. The van der Waals surface area contributed by atoms with Crippen molar-refractivity contribution >= 4 is 10.1 Å². The van der Waals surface area contributed by atoms with Gasteiger partial charge in [0.05, 0.1) is 18.1 Å². The Morgan fingerprint density at radius 1 is 1.08 bits per heavy atom. The highest BCUT2D eigenvalue weighted by atomic mass is 32.2. The lowest BCUT2D eigenvalue weighted by molar-refractivity contribution is -0.352. The number of benzene rings is 1. The number of fused-ring (bicyclic) bond motifs is 1. The third-order valence-corrected chi connectivity index (χ3v) is 5.30. The first-order valence-electron chi connectivity index (χ1n) is 7.89. The van der Waals surface area contributed by atoms with E-state index in [4.69, 9.17) is 23.1 Å². The van der Waals surface area contributed by atoms with Crippen molar-refractivity contribution in [2.45, 2.75) is 56.6 Å². The minimum absolute atomic E-state index is 0.117. The van der Waals surface area contributed by atoms with Crippen molar-refractivity contribution in [1.29, 1.82) is 0 Å². The third kappa shape index (κ3) is 3.96. The molecule has 2 saturated heterocycles. The van der Waals surface area contributed by atoms with E-state index < -0.39 is 34.9 Å². The highest BCUT2D eigenvalue weighted by Gasteiger charge is 2.43. The minimum atomic E-state index is -3.85. The SMILES string of the molecule is Cc1ccc(S(=O)(=O)OC[C@H]2OC(C)O[C@H]3COC(C)O[C@H]32)cc1. The Kier molecular flexibility index (Phi) is 5.24. The second-order valence-electron chi connectivity index (χ2n) is 5.97. The van der Waals surface area contributed by atoms with Gasteiger partial charge in [0.15, 0.2) is 12.6 Å². The average Bonchev–Trinajstić information content (AvgIpc) is 2.53. The van der Waals surface area contributed by atoms with Crippen LogP contribution in [0.25, 0.3) is 0 Å². The zero-order chi connectivity index (χ0) is 17.3. The van der Waals surface area contributed by atoms with Crippen LogP contribution >= 0.6 is 0 Å². The summed E-state index contributed by atoms with van der Waals surface area (Å²) >= 11 is 0. The van der Waals surface area contributed by atoms with Gasteiger partial charge in [-0.3, -0.25) is 4.18 Å². The van der Waals surface area contributed by atoms with Gasteiger partial charge in [-0.05, 0) is 32.9 Å². The van der Waals surface area contributed by atoms with Gasteiger partial charge < -0.3 is 18.9 Å². The maximum Gasteiger partial charge on any atom is 0.297 e. The molecule has 1 aromatic rings. The second kappa shape index (κ2) is 7.07. The number of aryl methyl sites for hydroxylation is 1. The summed E-state index contributed by atoms with van der Waals surface area (Å²) in [6.07, 6.45) is -2.17. The van der Waals surface area contributed by atoms with Crippen LogP contribution in [0.1, 0.15) is 19.4 Å². The molecule has 2 unspecified atom stereocenters. The molecule has 0 saturated carbocycles. The fraction of sp³-hybridized carbons (Fsp3) is 0.625. The normalized spacial score (nSPS) is 33.9. The van der Waals surface area contributed by atoms with Crippen LogP contribution in [0, 0.1) is 6.92 Å². The molecule has 0 N–H and O–H groups in total. The van der Waals surface area contributed by atoms with Crippen LogP contribution in [0.5, 0.6) is 0 Å². The molecular formula is C16H22O7S. The first-order chi connectivity index (χ1) is 11.3. The van der Waals surface area contributed by atoms with Gasteiger partial charge in [-0.1, -0.05) is 17.7 Å². The molecular weight excluding hydrogens is 336 g/mol. The molecule has 5 atom stereocenters. The van der Waals surface area contributed by atoms with E-state index in [1.54, 1.807) is 26.0 Å². The van der Waals surface area contributed by atoms with Crippen molar-refractivity contribution in [3.8, 4) is 0 Å². The molecule has 3 rings (SSSR count). The van der Waals surface area contributed by atoms with Crippen molar-refractivity contribution in [2.24, 2.45) is 0 Å². The van der Waals surface area contributed by atoms with Gasteiger partial charge in [0.25, 0.3) is 10.1 Å². The highest BCUT2D eigenvalue weighted by Crippen LogP contribution is 2.28. The fourth-order valence-electron chi connectivity index (χ4n) is 2.78. The number of rotatable bonds is 4. The summed E-state index contributed by atoms with van der Waals surface area (Å²) in [4.78, 5) is 0.117. The summed E-state index contributed by atoms with van der Waals surface area (Å²) in [7, 11) is -3.85. The largest absolute Gasteiger partial charge is 0.350 e. The summed E-state index contributed by atoms with van der Waals surface area (Å²) in [5.41, 5.74) is 0.975. The van der Waals surface area contributed by atoms with Crippen molar-refractivity contribution < 1.29 is 31.5 Å². The van der Waals surface area contributed by atoms with Crippen LogP contribution in [0.2, 0.25) is 0 Å². The molecule has 24 heavy (non-hydrogen) atoms. The maximum atomic E-state index is 12.3. The second-order valence-corrected chi connectivity index (χ2v) is 7.59. The van der Waals surface area contributed by atoms with Crippen LogP contribution < -0.4 is 0 Å². The van der Waals surface area contributed by atoms with Gasteiger partial charge in [-0.2, -0.15) is 8.42 Å². The van der Waals surface area contributed by atoms with Gasteiger partial charge in [0.2, 0.25) is 0 Å². The third-order valence-electron chi connectivity index (χ3n) is 4.01. The predicted octanol–water partition coefficient (Wildman–Crippen LogP) is 1.59. The minimum Gasteiger partial charge on any atom is -0.350 e. The molecule has 0 radical (unpaired) electrons. The molecule has 2 aliphatic heterocycles. The van der Waals surface area contributed by atoms with Crippen LogP contribution in [0.3, 0.4) is 0 Å². The Labute approximate surface area is 141 Å². The molecule has 0 aromatic heterocycles. The monoisotopic (exact) mass is 358 g/mol. The zero-order valence-electron chi connectivity index (χ0n) is 13.9. The number of hydrogen-bond acceptors (Lipinski definition) is 7. The van der Waals surface area contributed by atoms with E-state index in [1.807, 2.05) is 6.92 Å². The first kappa shape index (κ1) is 17.8. The van der Waals surface area contributed by atoms with Crippen LogP contribution in [0.15, 0.2) is 29.2 Å². The van der Waals surface area contributed by atoms with Gasteiger partial charge in [-0.15, -0.1) is 0 Å². The van der Waals surface area contributed by atoms with E-state index in [0.717, 1.165) is 5.56 Å². The molecule has 2 fully saturated rings. The molecule has 0 spiro atoms. The van der Waals surface area contributed by atoms with Gasteiger partial charge in [0, 0.05) is 0 Å². The molecule has 1 aromatic carbocycles. The Morgan fingerprint density at radius 3 is 2.50 bits per heavy atom. The van der Waals surface area contributed by atoms with E-state index >= 15 is 0 Å². The van der Waals surface area contributed by atoms with E-state index in [0.29, 0.717) is 6.61 Å². The Balaban J connectivity index is 1.68. The molecule has 0 bridgehead atoms. The smallest absolute Gasteiger partial charge is 0.297 e. The van der Waals surface area contributed by atoms with Crippen molar-refractivity contribution in [3.05, 3.63) is 29.8 Å². The van der Waals surface area contributed by atoms with E-state index in [-0.39, 0.29) is 17.6 Å². The molecule has 2 heterocycles. The maximum absolute atomic E-state index is 12.3. The molecule has 7 nitrogen and oxygen atoms in total. The van der Waals surface area contributed by atoms with E-state index in [1.165, 1.54) is 12.1 Å².